The van der Waals surface area contributed by atoms with Gasteiger partial charge in [0.15, 0.2) is 0 Å². The maximum atomic E-state index is 14.2. The van der Waals surface area contributed by atoms with E-state index in [1.54, 1.807) is 57.9 Å². The monoisotopic (exact) mass is 602 g/mol. The Morgan fingerprint density at radius 3 is 2.47 bits per heavy atom. The third kappa shape index (κ3) is 5.92. The lowest BCUT2D eigenvalue weighted by atomic mass is 10.1. The normalized spacial score (nSPS) is 17.0. The molecule has 0 spiro atoms. The zero-order valence-electron chi connectivity index (χ0n) is 24.4. The topological polar surface area (TPSA) is 120 Å². The highest BCUT2D eigenvalue weighted by molar-refractivity contribution is 7.93. The van der Waals surface area contributed by atoms with Crippen LogP contribution in [-0.4, -0.2) is 67.3 Å². The van der Waals surface area contributed by atoms with E-state index in [1.807, 2.05) is 30.3 Å². The van der Waals surface area contributed by atoms with Crippen LogP contribution in [0.3, 0.4) is 0 Å². The van der Waals surface area contributed by atoms with Gasteiger partial charge in [0.2, 0.25) is 5.88 Å². The molecule has 0 aliphatic carbocycles. The van der Waals surface area contributed by atoms with E-state index in [0.29, 0.717) is 34.9 Å². The summed E-state index contributed by atoms with van der Waals surface area (Å²) in [6, 6.07) is 12.7. The van der Waals surface area contributed by atoms with Crippen molar-refractivity contribution in [3.8, 4) is 17.6 Å². The Morgan fingerprint density at radius 2 is 1.74 bits per heavy atom. The summed E-state index contributed by atoms with van der Waals surface area (Å²) in [5.41, 5.74) is 2.86. The summed E-state index contributed by atoms with van der Waals surface area (Å²) < 4.78 is 47.4. The lowest BCUT2D eigenvalue weighted by Gasteiger charge is -2.32. The molecule has 224 valence electrons. The van der Waals surface area contributed by atoms with Crippen LogP contribution in [0.25, 0.3) is 0 Å². The number of hydrogen-bond acceptors (Lipinski definition) is 10. The molecule has 0 N–H and O–H groups in total. The molecular formula is C31H34N6O5S. The first kappa shape index (κ1) is 28.7. The van der Waals surface area contributed by atoms with Gasteiger partial charge in [0, 0.05) is 44.5 Å². The molecule has 4 aromatic rings. The number of sulfonamides is 1. The van der Waals surface area contributed by atoms with E-state index in [4.69, 9.17) is 14.2 Å². The minimum Gasteiger partial charge on any atom is -0.497 e. The van der Waals surface area contributed by atoms with Gasteiger partial charge in [-0.05, 0) is 61.2 Å². The quantitative estimate of drug-likeness (QED) is 0.276. The second-order valence-corrected chi connectivity index (χ2v) is 12.5. The lowest BCUT2D eigenvalue weighted by molar-refractivity contribution is 0.163. The molecule has 4 heterocycles. The molecule has 0 saturated carbocycles. The van der Waals surface area contributed by atoms with Crippen molar-refractivity contribution in [2.75, 3.05) is 36.0 Å². The Morgan fingerprint density at radius 1 is 0.977 bits per heavy atom. The standard InChI is InChI=1S/C31H34N6O5S/c1-21-16-26(40-3)17-22(2)30(21)43(38,39)37-24(18-23-6-4-5-7-27(23)37)20-41-31-34-11-8-28(35-31)36-14-9-25(10-15-36)42-29-19-32-12-13-33-29/h4-8,11-13,16-17,19,24-25H,9-10,14-15,18,20H2,1-3H3/t24-/m0/s1. The number of para-hydroxylation sites is 1. The van der Waals surface area contributed by atoms with E-state index in [2.05, 4.69) is 24.8 Å². The molecule has 0 bridgehead atoms. The fourth-order valence-electron chi connectivity index (χ4n) is 5.89. The van der Waals surface area contributed by atoms with Crippen molar-refractivity contribution in [1.29, 1.82) is 0 Å². The van der Waals surface area contributed by atoms with Crippen molar-refractivity contribution in [2.45, 2.75) is 50.2 Å². The molecule has 1 saturated heterocycles. The molecule has 2 aromatic heterocycles. The van der Waals surface area contributed by atoms with Crippen LogP contribution in [0.15, 0.2) is 72.1 Å². The van der Waals surface area contributed by atoms with Crippen LogP contribution in [-0.2, 0) is 16.4 Å². The molecule has 12 heteroatoms. The second-order valence-electron chi connectivity index (χ2n) is 10.7. The van der Waals surface area contributed by atoms with Gasteiger partial charge >= 0.3 is 6.01 Å². The van der Waals surface area contributed by atoms with E-state index >= 15 is 0 Å². The first-order chi connectivity index (χ1) is 20.8. The molecule has 6 rings (SSSR count). The highest BCUT2D eigenvalue weighted by atomic mass is 32.2. The minimum absolute atomic E-state index is 0.0559. The third-order valence-electron chi connectivity index (χ3n) is 7.82. The molecular weight excluding hydrogens is 568 g/mol. The first-order valence-corrected chi connectivity index (χ1v) is 15.7. The number of methoxy groups -OCH3 is 1. The van der Waals surface area contributed by atoms with Crippen molar-refractivity contribution < 1.29 is 22.6 Å². The van der Waals surface area contributed by atoms with Gasteiger partial charge in [0.1, 0.15) is 24.3 Å². The van der Waals surface area contributed by atoms with Crippen LogP contribution in [0.1, 0.15) is 29.5 Å². The van der Waals surface area contributed by atoms with Gasteiger partial charge in [0.25, 0.3) is 10.0 Å². The van der Waals surface area contributed by atoms with Gasteiger partial charge in [-0.3, -0.25) is 9.29 Å². The predicted molar refractivity (Wildman–Crippen MR) is 161 cm³/mol. The molecule has 0 amide bonds. The SMILES string of the molecule is COc1cc(C)c(S(=O)(=O)N2c3ccccc3C[C@H]2COc2nccc(N3CCC(Oc4cnccn4)CC3)n2)c(C)c1. The third-order valence-corrected chi connectivity index (χ3v) is 9.99. The maximum absolute atomic E-state index is 14.2. The van der Waals surface area contributed by atoms with Crippen molar-refractivity contribution in [3.63, 3.8) is 0 Å². The average Bonchev–Trinajstić information content (AvgIpc) is 3.40. The molecule has 1 fully saturated rings. The van der Waals surface area contributed by atoms with Crippen molar-refractivity contribution in [2.24, 2.45) is 0 Å². The van der Waals surface area contributed by atoms with Gasteiger partial charge in [-0.1, -0.05) is 18.2 Å². The van der Waals surface area contributed by atoms with Gasteiger partial charge in [-0.2, -0.15) is 4.98 Å². The Balaban J connectivity index is 1.17. The van der Waals surface area contributed by atoms with Crippen LogP contribution >= 0.6 is 0 Å². The summed E-state index contributed by atoms with van der Waals surface area (Å²) in [6.45, 7) is 5.19. The largest absolute Gasteiger partial charge is 0.497 e. The maximum Gasteiger partial charge on any atom is 0.318 e. The Hall–Kier alpha value is -4.45. The summed E-state index contributed by atoms with van der Waals surface area (Å²) in [7, 11) is -2.35. The summed E-state index contributed by atoms with van der Waals surface area (Å²) in [5.74, 6) is 1.91. The number of nitrogens with zero attached hydrogens (tertiary/aromatic N) is 6. The summed E-state index contributed by atoms with van der Waals surface area (Å²) in [4.78, 5) is 19.7. The predicted octanol–water partition coefficient (Wildman–Crippen LogP) is 4.14. The van der Waals surface area contributed by atoms with Crippen molar-refractivity contribution in [1.82, 2.24) is 19.9 Å². The van der Waals surface area contributed by atoms with E-state index < -0.39 is 16.1 Å². The number of fused-ring (bicyclic) bond motifs is 1. The van der Waals surface area contributed by atoms with Crippen LogP contribution < -0.4 is 23.4 Å². The van der Waals surface area contributed by atoms with Gasteiger partial charge in [-0.15, -0.1) is 0 Å². The smallest absolute Gasteiger partial charge is 0.318 e. The molecule has 11 nitrogen and oxygen atoms in total. The molecule has 2 aromatic carbocycles. The van der Waals surface area contributed by atoms with Crippen LogP contribution in [0.5, 0.6) is 17.6 Å². The molecule has 0 radical (unpaired) electrons. The number of hydrogen-bond donors (Lipinski definition) is 0. The molecule has 43 heavy (non-hydrogen) atoms. The highest BCUT2D eigenvalue weighted by Gasteiger charge is 2.40. The Bertz CT molecular complexity index is 1670. The minimum atomic E-state index is -3.92. The van der Waals surface area contributed by atoms with E-state index in [1.165, 1.54) is 4.31 Å². The number of piperidine rings is 1. The highest BCUT2D eigenvalue weighted by Crippen LogP contribution is 2.39. The molecule has 2 aliphatic heterocycles. The molecule has 2 aliphatic rings. The second kappa shape index (κ2) is 12.0. The number of anilines is 2. The van der Waals surface area contributed by atoms with Crippen molar-refractivity contribution in [3.05, 3.63) is 83.9 Å². The zero-order valence-corrected chi connectivity index (χ0v) is 25.2. The summed E-state index contributed by atoms with van der Waals surface area (Å²) in [5, 5.41) is 0. The van der Waals surface area contributed by atoms with Gasteiger partial charge in [-0.25, -0.2) is 18.4 Å². The number of aryl methyl sites for hydroxylation is 2. The van der Waals surface area contributed by atoms with E-state index in [9.17, 15) is 8.42 Å². The number of rotatable bonds is 9. The van der Waals surface area contributed by atoms with Crippen LogP contribution in [0.2, 0.25) is 0 Å². The molecule has 1 atom stereocenters. The number of ether oxygens (including phenoxy) is 3. The van der Waals surface area contributed by atoms with E-state index in [0.717, 1.165) is 37.3 Å². The zero-order chi connectivity index (χ0) is 30.0. The molecule has 0 unspecified atom stereocenters. The van der Waals surface area contributed by atoms with Crippen LogP contribution in [0, 0.1) is 13.8 Å². The van der Waals surface area contributed by atoms with Gasteiger partial charge < -0.3 is 19.1 Å². The van der Waals surface area contributed by atoms with Gasteiger partial charge in [0.05, 0.1) is 29.9 Å². The first-order valence-electron chi connectivity index (χ1n) is 14.2. The summed E-state index contributed by atoms with van der Waals surface area (Å²) in [6.07, 6.45) is 8.73. The number of aromatic nitrogens is 4. The Kier molecular flexibility index (Phi) is 8.02. The fraction of sp³-hybridized carbons (Fsp3) is 0.355. The summed E-state index contributed by atoms with van der Waals surface area (Å²) >= 11 is 0. The lowest BCUT2D eigenvalue weighted by Crippen LogP contribution is -2.42. The van der Waals surface area contributed by atoms with Crippen LogP contribution in [0.4, 0.5) is 11.5 Å². The van der Waals surface area contributed by atoms with E-state index in [-0.39, 0.29) is 23.6 Å². The number of benzene rings is 2. The Labute approximate surface area is 251 Å². The fourth-order valence-corrected chi connectivity index (χ4v) is 7.98. The average molecular weight is 603 g/mol. The van der Waals surface area contributed by atoms with Crippen molar-refractivity contribution >= 4 is 21.5 Å².